The van der Waals surface area contributed by atoms with E-state index in [1.807, 2.05) is 93.3 Å². The van der Waals surface area contributed by atoms with Gasteiger partial charge in [0.15, 0.2) is 12.4 Å². The fourth-order valence-electron chi connectivity index (χ4n) is 4.80. The van der Waals surface area contributed by atoms with Crippen LogP contribution in [0.4, 0.5) is 4.79 Å². The van der Waals surface area contributed by atoms with Crippen LogP contribution < -0.4 is 4.74 Å². The van der Waals surface area contributed by atoms with Crippen LogP contribution in [0, 0.1) is 6.92 Å². The number of amidine groups is 1. The lowest BCUT2D eigenvalue weighted by Gasteiger charge is -2.24. The molecule has 0 radical (unpaired) electrons. The number of rotatable bonds is 6. The Labute approximate surface area is 239 Å². The third kappa shape index (κ3) is 6.80. The van der Waals surface area contributed by atoms with Crippen molar-refractivity contribution in [3.05, 3.63) is 77.7 Å². The number of ether oxygens (including phenoxy) is 2. The number of Topliss-reactive ketones (excluding diaryl/α,β-unsaturated/α-hetero) is 1. The minimum atomic E-state index is -0.616. The Bertz CT molecular complexity index is 1600. The number of aryl methyl sites for hydroxylation is 1. The molecule has 0 aliphatic carbocycles. The molecule has 0 bridgehead atoms. The van der Waals surface area contributed by atoms with E-state index in [-0.39, 0.29) is 18.4 Å². The molecule has 0 saturated carbocycles. The lowest BCUT2D eigenvalue weighted by atomic mass is 10.1. The maximum absolute atomic E-state index is 12.5. The maximum Gasteiger partial charge on any atom is 0.435 e. The molecule has 3 aromatic carbocycles. The van der Waals surface area contributed by atoms with Crippen LogP contribution in [0.1, 0.15) is 68.4 Å². The van der Waals surface area contributed by atoms with Gasteiger partial charge in [-0.3, -0.25) is 4.79 Å². The lowest BCUT2D eigenvalue weighted by molar-refractivity contribution is 0.0601. The Kier molecular flexibility index (Phi) is 7.88. The minimum absolute atomic E-state index is 0.0293. The number of benzene rings is 3. The highest BCUT2D eigenvalue weighted by atomic mass is 16.6. The predicted molar refractivity (Wildman–Crippen MR) is 156 cm³/mol. The lowest BCUT2D eigenvalue weighted by Crippen LogP contribution is -2.30. The van der Waals surface area contributed by atoms with Crippen LogP contribution in [0.5, 0.6) is 5.75 Å². The van der Waals surface area contributed by atoms with E-state index < -0.39 is 11.7 Å². The predicted octanol–water partition coefficient (Wildman–Crippen LogP) is 6.95. The van der Waals surface area contributed by atoms with Gasteiger partial charge in [0.25, 0.3) is 0 Å². The topological polar surface area (TPSA) is 107 Å². The molecule has 41 heavy (non-hydrogen) atoms. The number of amides is 1. The molecule has 1 aliphatic heterocycles. The highest BCUT2D eigenvalue weighted by Gasteiger charge is 2.32. The van der Waals surface area contributed by atoms with Crippen molar-refractivity contribution in [2.45, 2.75) is 59.1 Å². The first-order chi connectivity index (χ1) is 19.6. The van der Waals surface area contributed by atoms with Crippen LogP contribution in [0.3, 0.4) is 0 Å². The summed E-state index contributed by atoms with van der Waals surface area (Å²) < 4.78 is 16.8. The summed E-state index contributed by atoms with van der Waals surface area (Å²) in [5, 5.41) is 6.18. The second kappa shape index (κ2) is 11.5. The molecule has 1 saturated heterocycles. The maximum atomic E-state index is 12.5. The number of aromatic nitrogens is 2. The van der Waals surface area contributed by atoms with Gasteiger partial charge in [0.05, 0.1) is 0 Å². The third-order valence-electron chi connectivity index (χ3n) is 6.86. The second-order valence-corrected chi connectivity index (χ2v) is 11.2. The molecule has 212 valence electrons. The van der Waals surface area contributed by atoms with E-state index >= 15 is 0 Å². The van der Waals surface area contributed by atoms with Crippen LogP contribution in [0.2, 0.25) is 0 Å². The van der Waals surface area contributed by atoms with Gasteiger partial charge in [0.2, 0.25) is 11.7 Å². The molecule has 4 aromatic rings. The molecule has 0 spiro atoms. The molecule has 1 aliphatic rings. The molecule has 5 rings (SSSR count). The number of ketones is 1. The van der Waals surface area contributed by atoms with E-state index in [2.05, 4.69) is 15.1 Å². The van der Waals surface area contributed by atoms with Crippen LogP contribution in [0.25, 0.3) is 22.2 Å². The molecule has 1 atom stereocenters. The molecule has 2 heterocycles. The molecular formula is C32H34N4O5. The number of hydrogen-bond donors (Lipinski definition) is 0. The average Bonchev–Trinajstić information content (AvgIpc) is 3.61. The number of carbonyl (C=O) groups excluding carboxylic acids is 2. The van der Waals surface area contributed by atoms with Crippen molar-refractivity contribution in [3.63, 3.8) is 0 Å². The Morgan fingerprint density at radius 1 is 1.05 bits per heavy atom. The molecule has 1 aromatic heterocycles. The molecule has 1 amide bonds. The zero-order chi connectivity index (χ0) is 29.1. The summed E-state index contributed by atoms with van der Waals surface area (Å²) >= 11 is 0. The van der Waals surface area contributed by atoms with Gasteiger partial charge in [-0.15, -0.1) is 0 Å². The van der Waals surface area contributed by atoms with Gasteiger partial charge < -0.3 is 18.9 Å². The smallest absolute Gasteiger partial charge is 0.435 e. The largest absolute Gasteiger partial charge is 0.485 e. The minimum Gasteiger partial charge on any atom is -0.485 e. The first-order valence-corrected chi connectivity index (χ1v) is 13.7. The summed E-state index contributed by atoms with van der Waals surface area (Å²) in [6.07, 6.45) is 1.12. The highest BCUT2D eigenvalue weighted by molar-refractivity contribution is 5.97. The van der Waals surface area contributed by atoms with Crippen LogP contribution in [0.15, 0.2) is 70.2 Å². The Morgan fingerprint density at radius 2 is 1.78 bits per heavy atom. The van der Waals surface area contributed by atoms with Crippen molar-refractivity contribution >= 4 is 28.5 Å². The van der Waals surface area contributed by atoms with E-state index in [0.29, 0.717) is 28.9 Å². The van der Waals surface area contributed by atoms with Gasteiger partial charge >= 0.3 is 6.09 Å². The first kappa shape index (κ1) is 28.0. The highest BCUT2D eigenvalue weighted by Crippen LogP contribution is 2.33. The zero-order valence-electron chi connectivity index (χ0n) is 24.0. The second-order valence-electron chi connectivity index (χ2n) is 11.2. The molecule has 9 nitrogen and oxygen atoms in total. The summed E-state index contributed by atoms with van der Waals surface area (Å²) in [5.74, 6) is 2.08. The van der Waals surface area contributed by atoms with Crippen LogP contribution >= 0.6 is 0 Å². The molecule has 9 heteroatoms. The van der Waals surface area contributed by atoms with Gasteiger partial charge in [-0.25, -0.2) is 4.79 Å². The normalized spacial score (nSPS) is 15.8. The summed E-state index contributed by atoms with van der Waals surface area (Å²) in [6.45, 7) is 9.91. The van der Waals surface area contributed by atoms with E-state index in [0.717, 1.165) is 41.3 Å². The number of hydrogen-bond acceptors (Lipinski definition) is 7. The Balaban J connectivity index is 1.27. The van der Waals surface area contributed by atoms with E-state index in [9.17, 15) is 9.59 Å². The molecular weight excluding hydrogens is 520 g/mol. The summed E-state index contributed by atoms with van der Waals surface area (Å²) in [6, 6.07) is 18.9. The van der Waals surface area contributed by atoms with Gasteiger partial charge in [0, 0.05) is 17.7 Å². The third-order valence-corrected chi connectivity index (χ3v) is 6.86. The quantitative estimate of drug-likeness (QED) is 0.143. The number of carbonyl (C=O) groups is 2. The van der Waals surface area contributed by atoms with Crippen molar-refractivity contribution < 1.29 is 23.6 Å². The van der Waals surface area contributed by atoms with E-state index in [4.69, 9.17) is 14.0 Å². The van der Waals surface area contributed by atoms with Crippen LogP contribution in [-0.2, 0) is 4.74 Å². The average molecular weight is 555 g/mol. The van der Waals surface area contributed by atoms with Crippen molar-refractivity contribution in [1.29, 1.82) is 0 Å². The van der Waals surface area contributed by atoms with Crippen molar-refractivity contribution in [1.82, 2.24) is 15.0 Å². The standard InChI is InChI=1S/C32H34N4O5/c1-20-8-10-22(11-9-20)28(37)19-39-26-15-14-23-17-25(13-12-24(23)18-26)29-34-30(41-35-29)27-7-6-16-36(27)21(2)33-31(38)40-32(3,4)5/h8-15,17-18,27H,6-7,16,19H2,1-5H3/b33-21+/t27-/m0/s1. The fourth-order valence-corrected chi connectivity index (χ4v) is 4.80. The summed E-state index contributed by atoms with van der Waals surface area (Å²) in [5.41, 5.74) is 1.95. The Morgan fingerprint density at radius 3 is 2.54 bits per heavy atom. The van der Waals surface area contributed by atoms with Gasteiger partial charge in [0.1, 0.15) is 23.2 Å². The Hall–Kier alpha value is -4.53. The number of likely N-dealkylation sites (tertiary alicyclic amines) is 1. The summed E-state index contributed by atoms with van der Waals surface area (Å²) in [7, 11) is 0. The zero-order valence-corrected chi connectivity index (χ0v) is 24.0. The van der Waals surface area contributed by atoms with Crippen molar-refractivity contribution in [2.75, 3.05) is 13.2 Å². The van der Waals surface area contributed by atoms with E-state index in [1.165, 1.54) is 0 Å². The summed E-state index contributed by atoms with van der Waals surface area (Å²) in [4.78, 5) is 35.5. The van der Waals surface area contributed by atoms with Crippen LogP contribution in [-0.4, -0.2) is 51.5 Å². The van der Waals surface area contributed by atoms with Crippen molar-refractivity contribution in [3.8, 4) is 17.1 Å². The SMILES string of the molecule is C/C(=N\C(=O)OC(C)(C)C)N1CCC[C@H]1c1nc(-c2ccc3cc(OCC(=O)c4ccc(C)cc4)ccc3c2)no1. The van der Waals surface area contributed by atoms with E-state index in [1.54, 1.807) is 6.92 Å². The fraction of sp³-hybridized carbons (Fsp3) is 0.344. The number of fused-ring (bicyclic) bond motifs is 1. The molecule has 1 fully saturated rings. The molecule has 0 N–H and O–H groups in total. The number of aliphatic imine (C=N–C) groups is 1. The molecule has 0 unspecified atom stereocenters. The van der Waals surface area contributed by atoms with Gasteiger partial charge in [-0.05, 0) is 76.4 Å². The monoisotopic (exact) mass is 554 g/mol. The number of nitrogens with zero attached hydrogens (tertiary/aromatic N) is 4. The first-order valence-electron chi connectivity index (χ1n) is 13.7. The van der Waals surface area contributed by atoms with Crippen molar-refractivity contribution in [2.24, 2.45) is 4.99 Å². The van der Waals surface area contributed by atoms with Gasteiger partial charge in [-0.1, -0.05) is 53.2 Å². The van der Waals surface area contributed by atoms with Gasteiger partial charge in [-0.2, -0.15) is 9.98 Å².